The van der Waals surface area contributed by atoms with Gasteiger partial charge < -0.3 is 25.4 Å². The summed E-state index contributed by atoms with van der Waals surface area (Å²) in [6.07, 6.45) is -2.09. The number of aliphatic hydroxyl groups is 3. The minimum absolute atomic E-state index is 0.379. The molecule has 0 saturated carbocycles. The van der Waals surface area contributed by atoms with E-state index in [0.717, 1.165) is 0 Å². The van der Waals surface area contributed by atoms with E-state index in [2.05, 4.69) is 16.9 Å². The maximum absolute atomic E-state index is 10.0. The molecule has 102 valence electrons. The number of rotatable bonds is 3. The number of nitrogens with zero attached hydrogens (tertiary/aromatic N) is 1. The Kier molecular flexibility index (Phi) is 4.29. The number of fused-ring (bicyclic) bond motifs is 1. The van der Waals surface area contributed by atoms with Gasteiger partial charge in [-0.2, -0.15) is 0 Å². The summed E-state index contributed by atoms with van der Waals surface area (Å²) < 4.78 is 5.59. The van der Waals surface area contributed by atoms with E-state index in [1.165, 1.54) is 18.7 Å². The van der Waals surface area contributed by atoms with Gasteiger partial charge in [0.1, 0.15) is 29.8 Å². The molecule has 6 atom stereocenters. The summed E-state index contributed by atoms with van der Waals surface area (Å²) in [5, 5.41) is 33.1. The lowest BCUT2D eigenvalue weighted by Crippen LogP contribution is -2.57. The van der Waals surface area contributed by atoms with Crippen molar-refractivity contribution < 1.29 is 20.1 Å². The third-order valence-corrected chi connectivity index (χ3v) is 4.07. The van der Waals surface area contributed by atoms with Crippen LogP contribution >= 0.6 is 11.8 Å². The van der Waals surface area contributed by atoms with Crippen LogP contribution in [0.3, 0.4) is 0 Å². The molecule has 2 aliphatic rings. The summed E-state index contributed by atoms with van der Waals surface area (Å²) in [5.41, 5.74) is -0.379. The van der Waals surface area contributed by atoms with Gasteiger partial charge in [-0.05, 0) is 6.92 Å². The van der Waals surface area contributed by atoms with Crippen LogP contribution < -0.4 is 5.32 Å². The topological polar surface area (TPSA) is 94.3 Å². The lowest BCUT2D eigenvalue weighted by molar-refractivity contribution is -0.181. The van der Waals surface area contributed by atoms with Gasteiger partial charge >= 0.3 is 0 Å². The van der Waals surface area contributed by atoms with Crippen LogP contribution in [0.25, 0.3) is 0 Å². The van der Waals surface area contributed by atoms with E-state index in [1.54, 1.807) is 6.08 Å². The van der Waals surface area contributed by atoms with Crippen LogP contribution in [0.5, 0.6) is 0 Å². The molecule has 0 aliphatic carbocycles. The number of hydrogen-bond donors (Lipinski definition) is 4. The molecule has 5 unspecified atom stereocenters. The highest BCUT2D eigenvalue weighted by Gasteiger charge is 2.49. The molecule has 0 spiro atoms. The number of thioether (sulfide) groups is 1. The van der Waals surface area contributed by atoms with Gasteiger partial charge in [-0.3, -0.25) is 4.99 Å². The lowest BCUT2D eigenvalue weighted by atomic mass is 9.95. The molecule has 0 radical (unpaired) electrons. The second-order valence-corrected chi connectivity index (χ2v) is 5.49. The second-order valence-electron chi connectivity index (χ2n) is 4.40. The van der Waals surface area contributed by atoms with Crippen molar-refractivity contribution in [1.29, 1.82) is 0 Å². The number of hydrogen-bond acceptors (Lipinski definition) is 7. The highest BCUT2D eigenvalue weighted by Crippen LogP contribution is 2.36. The van der Waals surface area contributed by atoms with Crippen molar-refractivity contribution in [2.24, 2.45) is 4.99 Å². The number of aliphatic imine (C=N–C) groups is 1. The summed E-state index contributed by atoms with van der Waals surface area (Å²) >= 11 is 1.35. The van der Waals surface area contributed by atoms with Gasteiger partial charge in [0, 0.05) is 6.54 Å². The van der Waals surface area contributed by atoms with E-state index in [4.69, 9.17) is 4.74 Å². The number of ether oxygens (including phenoxy) is 1. The van der Waals surface area contributed by atoms with Gasteiger partial charge in [-0.25, -0.2) is 0 Å². The predicted octanol–water partition coefficient (Wildman–Crippen LogP) is -0.939. The van der Waals surface area contributed by atoms with Crippen molar-refractivity contribution >= 4 is 16.9 Å². The maximum Gasteiger partial charge on any atom is 0.159 e. The van der Waals surface area contributed by atoms with Gasteiger partial charge in [0.25, 0.3) is 0 Å². The molecule has 0 amide bonds. The Balaban J connectivity index is 2.06. The van der Waals surface area contributed by atoms with Crippen molar-refractivity contribution in [1.82, 2.24) is 5.32 Å². The van der Waals surface area contributed by atoms with Crippen molar-refractivity contribution in [3.05, 3.63) is 12.7 Å². The summed E-state index contributed by atoms with van der Waals surface area (Å²) in [5.74, 6) is 0. The summed E-state index contributed by atoms with van der Waals surface area (Å²) in [6.45, 7) is 5.69. The molecule has 0 bridgehead atoms. The van der Waals surface area contributed by atoms with Crippen LogP contribution in [-0.2, 0) is 4.74 Å². The zero-order valence-electron chi connectivity index (χ0n) is 10.1. The molecule has 1 saturated heterocycles. The fraction of sp³-hybridized carbons (Fsp3) is 0.727. The molecule has 0 aromatic carbocycles. The van der Waals surface area contributed by atoms with E-state index in [-0.39, 0.29) is 5.44 Å². The average Bonchev–Trinajstić information content (AvgIpc) is 2.74. The molecule has 0 aromatic heterocycles. The smallest absolute Gasteiger partial charge is 0.159 e. The Morgan fingerprint density at radius 3 is 2.89 bits per heavy atom. The van der Waals surface area contributed by atoms with E-state index < -0.39 is 30.5 Å². The number of aliphatic hydroxyl groups excluding tert-OH is 3. The van der Waals surface area contributed by atoms with Gasteiger partial charge in [-0.15, -0.1) is 6.58 Å². The van der Waals surface area contributed by atoms with Crippen LogP contribution in [0, 0.1) is 0 Å². The van der Waals surface area contributed by atoms with Crippen LogP contribution in [0.15, 0.2) is 17.6 Å². The zero-order valence-corrected chi connectivity index (χ0v) is 10.9. The minimum atomic E-state index is -1.13. The molecule has 18 heavy (non-hydrogen) atoms. The van der Waals surface area contributed by atoms with Gasteiger partial charge in [0.05, 0.1) is 6.10 Å². The van der Waals surface area contributed by atoms with E-state index in [1.807, 2.05) is 0 Å². The van der Waals surface area contributed by atoms with Crippen molar-refractivity contribution in [3.8, 4) is 0 Å². The maximum atomic E-state index is 10.0. The Morgan fingerprint density at radius 2 is 2.28 bits per heavy atom. The van der Waals surface area contributed by atoms with Gasteiger partial charge in [0.15, 0.2) is 5.17 Å². The standard InChI is InChI=1S/C11H18N2O4S/c1-3-4-12-11-13-6-7(15)8(16)9(5(2)14)17-10(6)18-11/h3,5-10,14-16H,1,4H2,2H3,(H,12,13)/t5-,6?,7?,8?,9?,10?/m1/s1. The molecule has 2 rings (SSSR count). The van der Waals surface area contributed by atoms with Crippen molar-refractivity contribution in [2.75, 3.05) is 6.54 Å². The Bertz CT molecular complexity index is 350. The Hall–Kier alpha value is -0.600. The summed E-state index contributed by atoms with van der Waals surface area (Å²) in [6, 6.07) is -0.507. The largest absolute Gasteiger partial charge is 0.391 e. The first-order chi connectivity index (χ1) is 8.54. The Morgan fingerprint density at radius 1 is 1.56 bits per heavy atom. The number of amidine groups is 1. The quantitative estimate of drug-likeness (QED) is 0.496. The monoisotopic (exact) mass is 274 g/mol. The van der Waals surface area contributed by atoms with Crippen molar-refractivity contribution in [2.45, 2.75) is 42.8 Å². The third-order valence-electron chi connectivity index (χ3n) is 2.97. The molecule has 0 aromatic rings. The molecule has 4 N–H and O–H groups in total. The predicted molar refractivity (Wildman–Crippen MR) is 69.4 cm³/mol. The first-order valence-electron chi connectivity index (χ1n) is 5.83. The van der Waals surface area contributed by atoms with E-state index >= 15 is 0 Å². The third kappa shape index (κ3) is 2.55. The average molecular weight is 274 g/mol. The highest BCUT2D eigenvalue weighted by molar-refractivity contribution is 8.14. The minimum Gasteiger partial charge on any atom is -0.391 e. The summed E-state index contributed by atoms with van der Waals surface area (Å²) in [4.78, 5) is 4.28. The molecule has 2 heterocycles. The lowest BCUT2D eigenvalue weighted by Gasteiger charge is -2.39. The van der Waals surface area contributed by atoms with E-state index in [9.17, 15) is 15.3 Å². The van der Waals surface area contributed by atoms with Crippen molar-refractivity contribution in [3.63, 3.8) is 0 Å². The second kappa shape index (κ2) is 5.58. The Labute approximate surface area is 110 Å². The zero-order chi connectivity index (χ0) is 13.3. The van der Waals surface area contributed by atoms with Gasteiger partial charge in [-0.1, -0.05) is 17.8 Å². The van der Waals surface area contributed by atoms with Crippen LogP contribution in [0.1, 0.15) is 6.92 Å². The first kappa shape index (κ1) is 13.8. The summed E-state index contributed by atoms with van der Waals surface area (Å²) in [7, 11) is 0. The number of nitrogens with one attached hydrogen (secondary N) is 1. The molecule has 2 aliphatic heterocycles. The normalized spacial score (nSPS) is 40.9. The van der Waals surface area contributed by atoms with Crippen LogP contribution in [0.4, 0.5) is 0 Å². The fourth-order valence-corrected chi connectivity index (χ4v) is 3.14. The van der Waals surface area contributed by atoms with Crippen LogP contribution in [-0.4, -0.2) is 62.9 Å². The molecule has 7 heteroatoms. The SMILES string of the molecule is C=CCNC1=NC2C(OC([C@@H](C)O)C(O)C2O)S1. The fourth-order valence-electron chi connectivity index (χ4n) is 2.03. The molecular formula is C11H18N2O4S. The highest BCUT2D eigenvalue weighted by atomic mass is 32.2. The van der Waals surface area contributed by atoms with Crippen LogP contribution in [0.2, 0.25) is 0 Å². The van der Waals surface area contributed by atoms with E-state index in [0.29, 0.717) is 11.7 Å². The molecule has 6 nitrogen and oxygen atoms in total. The first-order valence-corrected chi connectivity index (χ1v) is 6.71. The molecular weight excluding hydrogens is 256 g/mol. The molecule has 1 fully saturated rings. The van der Waals surface area contributed by atoms with Gasteiger partial charge in [0.2, 0.25) is 0 Å².